The fourth-order valence-corrected chi connectivity index (χ4v) is 5.76. The molecule has 40 heavy (non-hydrogen) atoms. The van der Waals surface area contributed by atoms with Crippen molar-refractivity contribution in [2.75, 3.05) is 0 Å². The van der Waals surface area contributed by atoms with Gasteiger partial charge in [-0.05, 0) is 158 Å². The Kier molecular flexibility index (Phi) is 8.02. The highest BCUT2D eigenvalue weighted by atomic mass is 16.3. The van der Waals surface area contributed by atoms with Crippen molar-refractivity contribution in [2.24, 2.45) is 0 Å². The lowest BCUT2D eigenvalue weighted by Gasteiger charge is -2.25. The summed E-state index contributed by atoms with van der Waals surface area (Å²) in [6.45, 7) is 15.3. The van der Waals surface area contributed by atoms with Gasteiger partial charge in [0.2, 0.25) is 0 Å². The van der Waals surface area contributed by atoms with E-state index in [1.54, 1.807) is 0 Å². The van der Waals surface area contributed by atoms with E-state index in [1.807, 2.05) is 91.8 Å². The van der Waals surface area contributed by atoms with Crippen LogP contribution in [0.15, 0.2) is 48.5 Å². The van der Waals surface area contributed by atoms with Gasteiger partial charge in [0.25, 0.3) is 0 Å². The van der Waals surface area contributed by atoms with Crippen LogP contribution in [-0.4, -0.2) is 20.4 Å². The smallest absolute Gasteiger partial charge is 0.121 e. The van der Waals surface area contributed by atoms with Gasteiger partial charge in [0.1, 0.15) is 23.0 Å². The Morgan fingerprint density at radius 1 is 0.525 bits per heavy atom. The maximum atomic E-state index is 10.6. The molecule has 0 radical (unpaired) electrons. The second-order valence-corrected chi connectivity index (χ2v) is 11.4. The summed E-state index contributed by atoms with van der Waals surface area (Å²) in [6.07, 6.45) is 2.83. The summed E-state index contributed by atoms with van der Waals surface area (Å²) in [5, 5.41) is 42.1. The van der Waals surface area contributed by atoms with E-state index >= 15 is 0 Å². The van der Waals surface area contributed by atoms with Crippen molar-refractivity contribution in [3.63, 3.8) is 0 Å². The number of hydrogen-bond acceptors (Lipinski definition) is 4. The minimum absolute atomic E-state index is 0.112. The summed E-state index contributed by atoms with van der Waals surface area (Å²) in [6, 6.07) is 16.2. The SMILES string of the molecule is Cc1cc(/C=C(/c2cc(C)c(O)c(C)c2)C(Cc2cc(C)c(O)c(C)c2)c2cc(C)c(O)c(C)c2)cc(C)c1O. The summed E-state index contributed by atoms with van der Waals surface area (Å²) in [5.74, 6) is 1.08. The number of hydrogen-bond donors (Lipinski definition) is 4. The highest BCUT2D eigenvalue weighted by molar-refractivity contribution is 5.87. The maximum Gasteiger partial charge on any atom is 0.121 e. The molecule has 0 fully saturated rings. The average molecular weight is 537 g/mol. The summed E-state index contributed by atoms with van der Waals surface area (Å²) >= 11 is 0. The summed E-state index contributed by atoms with van der Waals surface area (Å²) < 4.78 is 0. The molecule has 0 aliphatic rings. The van der Waals surface area contributed by atoms with Crippen LogP contribution in [0.25, 0.3) is 11.6 Å². The molecular formula is C36H40O4. The molecule has 0 saturated heterocycles. The predicted molar refractivity (Wildman–Crippen MR) is 165 cm³/mol. The van der Waals surface area contributed by atoms with E-state index in [9.17, 15) is 20.4 Å². The van der Waals surface area contributed by atoms with E-state index in [-0.39, 0.29) is 11.7 Å². The van der Waals surface area contributed by atoms with Gasteiger partial charge in [0, 0.05) is 5.92 Å². The summed E-state index contributed by atoms with van der Waals surface area (Å²) in [5.41, 5.74) is 11.7. The summed E-state index contributed by atoms with van der Waals surface area (Å²) in [7, 11) is 0. The van der Waals surface area contributed by atoms with Gasteiger partial charge in [0.05, 0.1) is 0 Å². The lowest BCUT2D eigenvalue weighted by atomic mass is 9.79. The molecule has 208 valence electrons. The van der Waals surface area contributed by atoms with Crippen LogP contribution in [-0.2, 0) is 6.42 Å². The molecule has 0 bridgehead atoms. The zero-order chi connectivity index (χ0) is 29.5. The Morgan fingerprint density at radius 2 is 0.875 bits per heavy atom. The van der Waals surface area contributed by atoms with Crippen molar-refractivity contribution in [2.45, 2.75) is 67.7 Å². The van der Waals surface area contributed by atoms with Crippen LogP contribution in [0, 0.1) is 55.4 Å². The molecule has 0 aromatic heterocycles. The number of allylic oxidation sites excluding steroid dienone is 1. The Morgan fingerprint density at radius 3 is 1.30 bits per heavy atom. The number of aryl methyl sites for hydroxylation is 8. The molecule has 4 aromatic rings. The number of rotatable bonds is 6. The third-order valence-electron chi connectivity index (χ3n) is 7.94. The van der Waals surface area contributed by atoms with Gasteiger partial charge < -0.3 is 20.4 Å². The van der Waals surface area contributed by atoms with Crippen molar-refractivity contribution in [3.05, 3.63) is 115 Å². The quantitative estimate of drug-likeness (QED) is 0.186. The molecular weight excluding hydrogens is 496 g/mol. The maximum absolute atomic E-state index is 10.6. The zero-order valence-corrected chi connectivity index (χ0v) is 24.8. The molecule has 4 N–H and O–H groups in total. The fourth-order valence-electron chi connectivity index (χ4n) is 5.76. The van der Waals surface area contributed by atoms with Crippen molar-refractivity contribution in [3.8, 4) is 23.0 Å². The van der Waals surface area contributed by atoms with Crippen LogP contribution in [0.1, 0.15) is 72.7 Å². The molecule has 4 heteroatoms. The van der Waals surface area contributed by atoms with Gasteiger partial charge in [-0.3, -0.25) is 0 Å². The first-order chi connectivity index (χ1) is 18.8. The second-order valence-electron chi connectivity index (χ2n) is 11.4. The van der Waals surface area contributed by atoms with E-state index < -0.39 is 0 Å². The van der Waals surface area contributed by atoms with Crippen LogP contribution < -0.4 is 0 Å². The van der Waals surface area contributed by atoms with Crippen LogP contribution in [0.3, 0.4) is 0 Å². The minimum atomic E-state index is -0.112. The van der Waals surface area contributed by atoms with Gasteiger partial charge in [-0.25, -0.2) is 0 Å². The molecule has 0 saturated carbocycles. The zero-order valence-electron chi connectivity index (χ0n) is 24.8. The Bertz CT molecular complexity index is 1550. The highest BCUT2D eigenvalue weighted by Crippen LogP contribution is 2.42. The predicted octanol–water partition coefficient (Wildman–Crippen LogP) is 8.54. The topological polar surface area (TPSA) is 80.9 Å². The third kappa shape index (κ3) is 5.72. The summed E-state index contributed by atoms with van der Waals surface area (Å²) in [4.78, 5) is 0. The van der Waals surface area contributed by atoms with Crippen LogP contribution in [0.2, 0.25) is 0 Å². The third-order valence-corrected chi connectivity index (χ3v) is 7.94. The minimum Gasteiger partial charge on any atom is -0.507 e. The Labute approximate surface area is 237 Å². The van der Waals surface area contributed by atoms with Crippen molar-refractivity contribution < 1.29 is 20.4 Å². The molecule has 0 amide bonds. The van der Waals surface area contributed by atoms with Gasteiger partial charge in [-0.2, -0.15) is 0 Å². The van der Waals surface area contributed by atoms with Crippen LogP contribution in [0.5, 0.6) is 23.0 Å². The first kappa shape index (κ1) is 28.8. The molecule has 0 heterocycles. The highest BCUT2D eigenvalue weighted by Gasteiger charge is 2.23. The largest absolute Gasteiger partial charge is 0.507 e. The molecule has 0 spiro atoms. The molecule has 4 nitrogen and oxygen atoms in total. The molecule has 4 aromatic carbocycles. The first-order valence-corrected chi connectivity index (χ1v) is 13.7. The number of aromatic hydroxyl groups is 4. The van der Waals surface area contributed by atoms with E-state index in [1.165, 1.54) is 0 Å². The molecule has 1 atom stereocenters. The molecule has 1 unspecified atom stereocenters. The number of phenolic OH excluding ortho intramolecular Hbond substituents is 4. The first-order valence-electron chi connectivity index (χ1n) is 13.7. The van der Waals surface area contributed by atoms with E-state index in [0.717, 1.165) is 72.3 Å². The monoisotopic (exact) mass is 536 g/mol. The van der Waals surface area contributed by atoms with E-state index in [4.69, 9.17) is 0 Å². The van der Waals surface area contributed by atoms with Gasteiger partial charge >= 0.3 is 0 Å². The molecule has 0 aliphatic carbocycles. The van der Waals surface area contributed by atoms with Gasteiger partial charge in [0.15, 0.2) is 0 Å². The van der Waals surface area contributed by atoms with E-state index in [2.05, 4.69) is 18.2 Å². The van der Waals surface area contributed by atoms with Crippen molar-refractivity contribution in [1.82, 2.24) is 0 Å². The van der Waals surface area contributed by atoms with Crippen LogP contribution >= 0.6 is 0 Å². The lowest BCUT2D eigenvalue weighted by Crippen LogP contribution is -2.09. The van der Waals surface area contributed by atoms with Gasteiger partial charge in [-0.1, -0.05) is 30.3 Å². The lowest BCUT2D eigenvalue weighted by molar-refractivity contribution is 0.465. The van der Waals surface area contributed by atoms with Gasteiger partial charge in [-0.15, -0.1) is 0 Å². The molecule has 0 aliphatic heterocycles. The van der Waals surface area contributed by atoms with Crippen molar-refractivity contribution >= 4 is 11.6 Å². The van der Waals surface area contributed by atoms with Crippen molar-refractivity contribution in [1.29, 1.82) is 0 Å². The van der Waals surface area contributed by atoms with E-state index in [0.29, 0.717) is 23.7 Å². The average Bonchev–Trinajstić information content (AvgIpc) is 2.88. The Balaban J connectivity index is 2.04. The fraction of sp³-hybridized carbons (Fsp3) is 0.278. The molecule has 4 rings (SSSR count). The Hall–Kier alpha value is -4.18. The second kappa shape index (κ2) is 11.1. The normalized spacial score (nSPS) is 12.6. The number of phenols is 4. The number of benzene rings is 4. The van der Waals surface area contributed by atoms with Crippen LogP contribution in [0.4, 0.5) is 0 Å². The standard InChI is InChI=1S/C36H40O4/c1-19-9-27(10-20(2)33(19)37)17-31(29-13-23(5)35(39)24(6)14-29)32(30-15-25(7)36(40)26(8)16-30)18-28-11-21(3)34(38)22(4)12-28/h9-17,32,37-40H,18H2,1-8H3/b31-17-.